The fourth-order valence-corrected chi connectivity index (χ4v) is 4.15. The molecule has 0 spiro atoms. The van der Waals surface area contributed by atoms with E-state index in [1.165, 1.54) is 6.20 Å². The number of carboxylic acids is 1. The van der Waals surface area contributed by atoms with E-state index in [2.05, 4.69) is 10.1 Å². The molecule has 0 radical (unpaired) electrons. The highest BCUT2D eigenvalue weighted by molar-refractivity contribution is 6.01. The van der Waals surface area contributed by atoms with E-state index in [0.29, 0.717) is 0 Å². The van der Waals surface area contributed by atoms with E-state index in [-0.39, 0.29) is 29.2 Å². The number of nitrogens with one attached hydrogen (secondary N) is 1. The predicted molar refractivity (Wildman–Crippen MR) is 112 cm³/mol. The zero-order valence-corrected chi connectivity index (χ0v) is 16.8. The maximum Gasteiger partial charge on any atom is 0.341 e. The largest absolute Gasteiger partial charge is 0.477 e. The van der Waals surface area contributed by atoms with E-state index in [0.717, 1.165) is 48.7 Å². The summed E-state index contributed by atoms with van der Waals surface area (Å²) in [5, 5.41) is 15.4. The number of benzene rings is 1. The van der Waals surface area contributed by atoms with Gasteiger partial charge in [0.1, 0.15) is 5.56 Å². The van der Waals surface area contributed by atoms with Crippen LogP contribution in [0.1, 0.15) is 56.3 Å². The fourth-order valence-electron chi connectivity index (χ4n) is 4.15. The molecule has 4 rings (SSSR count). The third-order valence-corrected chi connectivity index (χ3v) is 5.66. The second kappa shape index (κ2) is 7.73. The Balaban J connectivity index is 1.76. The number of nitrogens with zero attached hydrogens (tertiary/aromatic N) is 3. The van der Waals surface area contributed by atoms with E-state index in [4.69, 9.17) is 0 Å². The highest BCUT2D eigenvalue weighted by atomic mass is 16.4. The fraction of sp³-hybridized carbons (Fsp3) is 0.409. The molecule has 7 nitrogen and oxygen atoms in total. The zero-order valence-electron chi connectivity index (χ0n) is 16.8. The maximum atomic E-state index is 13.3. The van der Waals surface area contributed by atoms with E-state index < -0.39 is 5.97 Å². The van der Waals surface area contributed by atoms with E-state index in [9.17, 15) is 14.7 Å². The SMILES string of the molecule is CC(C)N(C(=O)C1CCCCC1)c1nn(-c2ccc3cc[nH]c3c2)cc1C(=O)O. The van der Waals surface area contributed by atoms with Gasteiger partial charge in [-0.05, 0) is 50.3 Å². The van der Waals surface area contributed by atoms with Gasteiger partial charge in [-0.25, -0.2) is 9.48 Å². The lowest BCUT2D eigenvalue weighted by Gasteiger charge is -2.31. The van der Waals surface area contributed by atoms with Crippen molar-refractivity contribution in [3.8, 4) is 5.69 Å². The molecular formula is C22H26N4O3. The topological polar surface area (TPSA) is 91.2 Å². The lowest BCUT2D eigenvalue weighted by Crippen LogP contribution is -2.42. The lowest BCUT2D eigenvalue weighted by molar-refractivity contribution is -0.123. The van der Waals surface area contributed by atoms with Crippen LogP contribution in [0.2, 0.25) is 0 Å². The van der Waals surface area contributed by atoms with Gasteiger partial charge in [-0.15, -0.1) is 5.10 Å². The smallest absolute Gasteiger partial charge is 0.341 e. The number of hydrogen-bond donors (Lipinski definition) is 2. The molecule has 1 aliphatic carbocycles. The number of carboxylic acid groups (broad SMARTS) is 1. The van der Waals surface area contributed by atoms with E-state index in [1.807, 2.05) is 44.3 Å². The van der Waals surface area contributed by atoms with Crippen molar-refractivity contribution >= 4 is 28.6 Å². The molecule has 0 unspecified atom stereocenters. The van der Waals surface area contributed by atoms with Crippen LogP contribution in [-0.2, 0) is 4.79 Å². The summed E-state index contributed by atoms with van der Waals surface area (Å²) < 4.78 is 1.54. The van der Waals surface area contributed by atoms with Crippen molar-refractivity contribution in [3.63, 3.8) is 0 Å². The normalized spacial score (nSPS) is 15.1. The highest BCUT2D eigenvalue weighted by Crippen LogP contribution is 2.30. The van der Waals surface area contributed by atoms with Gasteiger partial charge in [-0.3, -0.25) is 9.69 Å². The number of rotatable bonds is 5. The standard InChI is InChI=1S/C22H26N4O3/c1-14(2)26(21(27)16-6-4-3-5-7-16)20-18(22(28)29)13-25(24-20)17-9-8-15-10-11-23-19(15)12-17/h8-14,16,23H,3-7H2,1-2H3,(H,28,29). The van der Waals surface area contributed by atoms with Gasteiger partial charge in [0.25, 0.3) is 0 Å². The van der Waals surface area contributed by atoms with Crippen molar-refractivity contribution in [1.29, 1.82) is 0 Å². The van der Waals surface area contributed by atoms with Gasteiger partial charge in [-0.1, -0.05) is 25.3 Å². The summed E-state index contributed by atoms with van der Waals surface area (Å²) in [6, 6.07) is 7.55. The molecule has 152 valence electrons. The minimum atomic E-state index is -1.09. The molecule has 0 bridgehead atoms. The molecule has 1 saturated carbocycles. The molecule has 0 atom stereocenters. The molecule has 29 heavy (non-hydrogen) atoms. The zero-order chi connectivity index (χ0) is 20.5. The monoisotopic (exact) mass is 394 g/mol. The van der Waals surface area contributed by atoms with E-state index in [1.54, 1.807) is 9.58 Å². The van der Waals surface area contributed by atoms with Crippen LogP contribution in [0, 0.1) is 5.92 Å². The molecule has 0 aliphatic heterocycles. The van der Waals surface area contributed by atoms with Crippen LogP contribution in [-0.4, -0.2) is 37.8 Å². The summed E-state index contributed by atoms with van der Waals surface area (Å²) in [6.07, 6.45) is 8.29. The van der Waals surface area contributed by atoms with Gasteiger partial charge >= 0.3 is 5.97 Å². The Morgan fingerprint density at radius 2 is 1.97 bits per heavy atom. The first-order valence-corrected chi connectivity index (χ1v) is 10.2. The Morgan fingerprint density at radius 3 is 2.66 bits per heavy atom. The Labute approximate surface area is 169 Å². The third-order valence-electron chi connectivity index (χ3n) is 5.66. The van der Waals surface area contributed by atoms with Crippen LogP contribution in [0.15, 0.2) is 36.7 Å². The second-order valence-corrected chi connectivity index (χ2v) is 8.00. The summed E-state index contributed by atoms with van der Waals surface area (Å²) in [5.41, 5.74) is 1.72. The molecule has 2 heterocycles. The number of aromatic amines is 1. The minimum Gasteiger partial charge on any atom is -0.477 e. The molecule has 3 aromatic rings. The van der Waals surface area contributed by atoms with Gasteiger partial charge in [0.2, 0.25) is 5.91 Å². The van der Waals surface area contributed by atoms with Crippen molar-refractivity contribution in [2.45, 2.75) is 52.0 Å². The molecule has 1 fully saturated rings. The molecule has 2 aromatic heterocycles. The van der Waals surface area contributed by atoms with Crippen LogP contribution >= 0.6 is 0 Å². The van der Waals surface area contributed by atoms with Gasteiger partial charge in [0, 0.05) is 29.9 Å². The number of aromatic nitrogens is 3. The number of H-pyrrole nitrogens is 1. The number of amides is 1. The molecular weight excluding hydrogens is 368 g/mol. The minimum absolute atomic E-state index is 0.0210. The third kappa shape index (κ3) is 3.64. The molecule has 2 N–H and O–H groups in total. The molecule has 1 aliphatic rings. The Kier molecular flexibility index (Phi) is 5.13. The van der Waals surface area contributed by atoms with Crippen molar-refractivity contribution < 1.29 is 14.7 Å². The second-order valence-electron chi connectivity index (χ2n) is 8.00. The highest BCUT2D eigenvalue weighted by Gasteiger charge is 2.33. The molecule has 7 heteroatoms. The Hall–Kier alpha value is -3.09. The first-order chi connectivity index (χ1) is 14.0. The Bertz CT molecular complexity index is 1040. The van der Waals surface area contributed by atoms with Crippen LogP contribution in [0.4, 0.5) is 5.82 Å². The summed E-state index contributed by atoms with van der Waals surface area (Å²) in [7, 11) is 0. The quantitative estimate of drug-likeness (QED) is 0.672. The van der Waals surface area contributed by atoms with Crippen LogP contribution in [0.25, 0.3) is 16.6 Å². The van der Waals surface area contributed by atoms with Crippen LogP contribution in [0.5, 0.6) is 0 Å². The maximum absolute atomic E-state index is 13.3. The average Bonchev–Trinajstić information content (AvgIpc) is 3.35. The Morgan fingerprint density at radius 1 is 1.21 bits per heavy atom. The first kappa shape index (κ1) is 19.2. The van der Waals surface area contributed by atoms with Crippen molar-refractivity contribution in [2.75, 3.05) is 4.90 Å². The van der Waals surface area contributed by atoms with Gasteiger partial charge in [0.15, 0.2) is 5.82 Å². The number of carbonyl (C=O) groups is 2. The van der Waals surface area contributed by atoms with Gasteiger partial charge in [0.05, 0.1) is 5.69 Å². The first-order valence-electron chi connectivity index (χ1n) is 10.2. The lowest BCUT2D eigenvalue weighted by atomic mass is 9.88. The molecule has 0 saturated heterocycles. The summed E-state index contributed by atoms with van der Waals surface area (Å²) in [6.45, 7) is 3.80. The molecule has 1 amide bonds. The van der Waals surface area contributed by atoms with Crippen molar-refractivity contribution in [1.82, 2.24) is 14.8 Å². The summed E-state index contributed by atoms with van der Waals surface area (Å²) in [5.74, 6) is -0.954. The average molecular weight is 394 g/mol. The van der Waals surface area contributed by atoms with E-state index >= 15 is 0 Å². The number of fused-ring (bicyclic) bond motifs is 1. The number of carbonyl (C=O) groups excluding carboxylic acids is 1. The number of anilines is 1. The van der Waals surface area contributed by atoms with Gasteiger partial charge < -0.3 is 10.1 Å². The van der Waals surface area contributed by atoms with Gasteiger partial charge in [-0.2, -0.15) is 0 Å². The molecule has 1 aromatic carbocycles. The van der Waals surface area contributed by atoms with Crippen molar-refractivity contribution in [2.24, 2.45) is 5.92 Å². The van der Waals surface area contributed by atoms with Crippen LogP contribution < -0.4 is 4.90 Å². The summed E-state index contributed by atoms with van der Waals surface area (Å²) >= 11 is 0. The van der Waals surface area contributed by atoms with Crippen LogP contribution in [0.3, 0.4) is 0 Å². The predicted octanol–water partition coefficient (Wildman–Crippen LogP) is 4.37. The summed E-state index contributed by atoms with van der Waals surface area (Å²) in [4.78, 5) is 30.0. The number of hydrogen-bond acceptors (Lipinski definition) is 3. The van der Waals surface area contributed by atoms with Crippen molar-refractivity contribution in [3.05, 3.63) is 42.2 Å². The number of aromatic carboxylic acids is 1.